The van der Waals surface area contributed by atoms with Crippen molar-refractivity contribution >= 4 is 10.9 Å². The first kappa shape index (κ1) is 20.7. The summed E-state index contributed by atoms with van der Waals surface area (Å²) in [7, 11) is 0. The smallest absolute Gasteiger partial charge is 0.126 e. The number of ether oxygens (including phenoxy) is 2. The third-order valence-electron chi connectivity index (χ3n) is 6.12. The lowest BCUT2D eigenvalue weighted by atomic mass is 10.1. The van der Waals surface area contributed by atoms with Gasteiger partial charge in [-0.15, -0.1) is 0 Å². The van der Waals surface area contributed by atoms with Gasteiger partial charge in [0, 0.05) is 23.2 Å². The van der Waals surface area contributed by atoms with E-state index in [4.69, 9.17) is 9.47 Å². The highest BCUT2D eigenvalue weighted by Crippen LogP contribution is 2.40. The molecule has 1 N–H and O–H groups in total. The van der Waals surface area contributed by atoms with Crippen molar-refractivity contribution in [2.24, 2.45) is 0 Å². The fraction of sp³-hybridized carbons (Fsp3) is 0.259. The van der Waals surface area contributed by atoms with Gasteiger partial charge in [0.1, 0.15) is 18.2 Å². The maximum atomic E-state index is 14.0. The summed E-state index contributed by atoms with van der Waals surface area (Å²) in [5.41, 5.74) is 5.24. The number of hydrogen-bond acceptors (Lipinski definition) is 3. The number of fused-ring (bicyclic) bond motifs is 1. The molecule has 1 aromatic heterocycles. The molecule has 32 heavy (non-hydrogen) atoms. The van der Waals surface area contributed by atoms with E-state index in [9.17, 15) is 9.50 Å². The molecule has 1 aliphatic rings. The molecule has 2 heterocycles. The molecule has 5 heteroatoms. The van der Waals surface area contributed by atoms with E-state index in [0.717, 1.165) is 52.0 Å². The molecule has 0 amide bonds. The molecular weight excluding hydrogens is 405 g/mol. The molecule has 5 rings (SSSR count). The quantitative estimate of drug-likeness (QED) is 0.407. The van der Waals surface area contributed by atoms with Gasteiger partial charge in [0.25, 0.3) is 0 Å². The zero-order valence-electron chi connectivity index (χ0n) is 18.1. The van der Waals surface area contributed by atoms with Gasteiger partial charge in [-0.2, -0.15) is 0 Å². The predicted octanol–water partition coefficient (Wildman–Crippen LogP) is 6.00. The lowest BCUT2D eigenvalue weighted by Gasteiger charge is -2.17. The van der Waals surface area contributed by atoms with E-state index in [1.54, 1.807) is 13.0 Å². The molecule has 164 valence electrons. The monoisotopic (exact) mass is 431 g/mol. The van der Waals surface area contributed by atoms with Gasteiger partial charge in [-0.1, -0.05) is 30.3 Å². The first-order valence-corrected chi connectivity index (χ1v) is 11.0. The van der Waals surface area contributed by atoms with Crippen LogP contribution in [0.15, 0.2) is 66.7 Å². The minimum absolute atomic E-state index is 0.108. The van der Waals surface area contributed by atoms with Gasteiger partial charge in [-0.25, -0.2) is 4.39 Å². The Bertz CT molecular complexity index is 1240. The van der Waals surface area contributed by atoms with Crippen molar-refractivity contribution in [2.75, 3.05) is 6.61 Å². The highest BCUT2D eigenvalue weighted by Gasteiger charge is 2.28. The Hall–Kier alpha value is -3.15. The third-order valence-corrected chi connectivity index (χ3v) is 6.12. The summed E-state index contributed by atoms with van der Waals surface area (Å²) >= 11 is 0. The van der Waals surface area contributed by atoms with Crippen molar-refractivity contribution in [3.8, 4) is 11.4 Å². The van der Waals surface area contributed by atoms with Gasteiger partial charge in [0.15, 0.2) is 0 Å². The van der Waals surface area contributed by atoms with E-state index < -0.39 is 0 Å². The highest BCUT2D eigenvalue weighted by atomic mass is 19.1. The number of aromatic nitrogens is 1. The molecule has 0 radical (unpaired) electrons. The average molecular weight is 432 g/mol. The number of benzene rings is 3. The molecule has 1 atom stereocenters. The van der Waals surface area contributed by atoms with Crippen LogP contribution in [-0.2, 0) is 18.0 Å². The minimum Gasteiger partial charge on any atom is -0.489 e. The van der Waals surface area contributed by atoms with Crippen LogP contribution in [0.5, 0.6) is 5.75 Å². The van der Waals surface area contributed by atoms with E-state index >= 15 is 0 Å². The zero-order valence-corrected chi connectivity index (χ0v) is 18.1. The number of aryl methyl sites for hydroxylation is 1. The summed E-state index contributed by atoms with van der Waals surface area (Å²) in [6.45, 7) is 2.82. The SMILES string of the molecule is Cc1cc(-n2c([C@H]3CCCO3)c(CO)c3cc(OCc4ccccc4)ccc32)ccc1F. The molecule has 0 bridgehead atoms. The largest absolute Gasteiger partial charge is 0.489 e. The molecule has 1 aliphatic heterocycles. The van der Waals surface area contributed by atoms with Crippen LogP contribution in [0, 0.1) is 12.7 Å². The van der Waals surface area contributed by atoms with Crippen molar-refractivity contribution in [2.45, 2.75) is 39.1 Å². The molecule has 4 aromatic rings. The van der Waals surface area contributed by atoms with E-state index in [0.29, 0.717) is 18.8 Å². The van der Waals surface area contributed by atoms with Crippen LogP contribution in [0.3, 0.4) is 0 Å². The van der Waals surface area contributed by atoms with Gasteiger partial charge in [0.05, 0.1) is 23.9 Å². The van der Waals surface area contributed by atoms with E-state index in [-0.39, 0.29) is 18.5 Å². The Kier molecular flexibility index (Phi) is 5.68. The molecule has 3 aromatic carbocycles. The van der Waals surface area contributed by atoms with Crippen molar-refractivity contribution in [1.29, 1.82) is 0 Å². The van der Waals surface area contributed by atoms with Gasteiger partial charge in [-0.3, -0.25) is 0 Å². The maximum Gasteiger partial charge on any atom is 0.126 e. The van der Waals surface area contributed by atoms with Crippen LogP contribution in [0.2, 0.25) is 0 Å². The van der Waals surface area contributed by atoms with E-state index in [1.165, 1.54) is 6.07 Å². The second kappa shape index (κ2) is 8.77. The normalized spacial score (nSPS) is 16.0. The van der Waals surface area contributed by atoms with Crippen molar-refractivity contribution < 1.29 is 19.0 Å². The van der Waals surface area contributed by atoms with Crippen LogP contribution >= 0.6 is 0 Å². The molecular formula is C27H26FNO3. The summed E-state index contributed by atoms with van der Waals surface area (Å²) in [6.07, 6.45) is 1.76. The number of hydrogen-bond donors (Lipinski definition) is 1. The third kappa shape index (κ3) is 3.78. The Labute approximate surface area is 186 Å². The van der Waals surface area contributed by atoms with Crippen molar-refractivity contribution in [3.63, 3.8) is 0 Å². The van der Waals surface area contributed by atoms with Crippen LogP contribution in [0.25, 0.3) is 16.6 Å². The summed E-state index contributed by atoms with van der Waals surface area (Å²) in [4.78, 5) is 0. The molecule has 0 unspecified atom stereocenters. The lowest BCUT2D eigenvalue weighted by molar-refractivity contribution is 0.105. The zero-order chi connectivity index (χ0) is 22.1. The number of aliphatic hydroxyl groups excluding tert-OH is 1. The maximum absolute atomic E-state index is 14.0. The second-order valence-electron chi connectivity index (χ2n) is 8.25. The summed E-state index contributed by atoms with van der Waals surface area (Å²) in [5.74, 6) is 0.505. The summed E-state index contributed by atoms with van der Waals surface area (Å²) in [6, 6.07) is 21.1. The van der Waals surface area contributed by atoms with E-state index in [2.05, 4.69) is 4.57 Å². The van der Waals surface area contributed by atoms with Gasteiger partial charge < -0.3 is 19.1 Å². The standard InChI is InChI=1S/C27H26FNO3/c1-18-14-20(9-11-24(18)28)29-25-12-10-21(32-17-19-6-3-2-4-7-19)15-22(25)23(16-30)27(29)26-8-5-13-31-26/h2-4,6-7,9-12,14-15,26,30H,5,8,13,16-17H2,1H3/t26-/m1/s1. The Morgan fingerprint density at radius 1 is 1.09 bits per heavy atom. The minimum atomic E-state index is -0.233. The number of aliphatic hydroxyl groups is 1. The van der Waals surface area contributed by atoms with Crippen LogP contribution < -0.4 is 4.74 Å². The van der Waals surface area contributed by atoms with Crippen molar-refractivity contribution in [1.82, 2.24) is 4.57 Å². The van der Waals surface area contributed by atoms with Crippen LogP contribution in [-0.4, -0.2) is 16.3 Å². The first-order chi connectivity index (χ1) is 15.7. The molecule has 0 saturated carbocycles. The topological polar surface area (TPSA) is 43.6 Å². The lowest BCUT2D eigenvalue weighted by Crippen LogP contribution is -2.08. The van der Waals surface area contributed by atoms with Crippen LogP contribution in [0.1, 0.15) is 41.3 Å². The van der Waals surface area contributed by atoms with Gasteiger partial charge >= 0.3 is 0 Å². The Balaban J connectivity index is 1.63. The fourth-order valence-electron chi connectivity index (χ4n) is 4.53. The molecule has 0 spiro atoms. The average Bonchev–Trinajstić information content (AvgIpc) is 3.45. The summed E-state index contributed by atoms with van der Waals surface area (Å²) in [5, 5.41) is 11.3. The number of nitrogens with zero attached hydrogens (tertiary/aromatic N) is 1. The van der Waals surface area contributed by atoms with E-state index in [1.807, 2.05) is 54.6 Å². The first-order valence-electron chi connectivity index (χ1n) is 11.0. The van der Waals surface area contributed by atoms with Crippen LogP contribution in [0.4, 0.5) is 4.39 Å². The summed E-state index contributed by atoms with van der Waals surface area (Å²) < 4.78 is 28.2. The second-order valence-corrected chi connectivity index (χ2v) is 8.25. The predicted molar refractivity (Wildman–Crippen MR) is 123 cm³/mol. The van der Waals surface area contributed by atoms with Crippen molar-refractivity contribution in [3.05, 3.63) is 94.9 Å². The number of rotatable bonds is 6. The molecule has 0 aliphatic carbocycles. The Morgan fingerprint density at radius 2 is 1.94 bits per heavy atom. The van der Waals surface area contributed by atoms with Gasteiger partial charge in [0.2, 0.25) is 0 Å². The number of halogens is 1. The van der Waals surface area contributed by atoms with Gasteiger partial charge in [-0.05, 0) is 67.3 Å². The molecule has 1 saturated heterocycles. The molecule has 1 fully saturated rings. The fourth-order valence-corrected chi connectivity index (χ4v) is 4.53. The molecule has 4 nitrogen and oxygen atoms in total. The Morgan fingerprint density at radius 3 is 2.66 bits per heavy atom. The highest BCUT2D eigenvalue weighted by molar-refractivity contribution is 5.89.